The zero-order valence-corrected chi connectivity index (χ0v) is 9.74. The number of halogens is 2. The molecule has 0 saturated carbocycles. The quantitative estimate of drug-likeness (QED) is 0.712. The minimum absolute atomic E-state index is 0.269. The predicted molar refractivity (Wildman–Crippen MR) is 62.0 cm³/mol. The molecule has 0 aliphatic rings. The number of benzene rings is 1. The van der Waals surface area contributed by atoms with Crippen molar-refractivity contribution >= 4 is 0 Å². The molecule has 4 heteroatoms. The van der Waals surface area contributed by atoms with Gasteiger partial charge in [-0.2, -0.15) is 8.78 Å². The number of aryl methyl sites for hydroxylation is 1. The first kappa shape index (κ1) is 14.1. The summed E-state index contributed by atoms with van der Waals surface area (Å²) in [5.41, 5.74) is 1.29. The van der Waals surface area contributed by atoms with Crippen molar-refractivity contribution in [1.82, 2.24) is 0 Å². The summed E-state index contributed by atoms with van der Waals surface area (Å²) in [6.45, 7) is -0.642. The van der Waals surface area contributed by atoms with Crippen LogP contribution in [0.4, 0.5) is 8.78 Å². The van der Waals surface area contributed by atoms with E-state index in [9.17, 15) is 8.78 Å². The second-order valence-corrected chi connectivity index (χ2v) is 4.01. The molecule has 17 heavy (non-hydrogen) atoms. The van der Waals surface area contributed by atoms with Crippen LogP contribution in [0.5, 0.6) is 0 Å². The topological polar surface area (TPSA) is 29.5 Å². The summed E-state index contributed by atoms with van der Waals surface area (Å²) in [5, 5.41) is 8.11. The van der Waals surface area contributed by atoms with E-state index in [0.29, 0.717) is 0 Å². The van der Waals surface area contributed by atoms with E-state index in [1.165, 1.54) is 5.56 Å². The largest absolute Gasteiger partial charge is 0.376 e. The lowest BCUT2D eigenvalue weighted by Crippen LogP contribution is -2.22. The molecule has 0 unspecified atom stereocenters. The summed E-state index contributed by atoms with van der Waals surface area (Å²) in [4.78, 5) is 0. The van der Waals surface area contributed by atoms with Crippen LogP contribution in [0.1, 0.15) is 24.8 Å². The van der Waals surface area contributed by atoms with Gasteiger partial charge in [0.05, 0.1) is 0 Å². The minimum atomic E-state index is -3.70. The highest BCUT2D eigenvalue weighted by Gasteiger charge is 2.23. The molecule has 2 nitrogen and oxygen atoms in total. The smallest absolute Gasteiger partial charge is 0.372 e. The number of rotatable bonds is 8. The Kier molecular flexibility index (Phi) is 6.08. The molecule has 0 saturated heterocycles. The van der Waals surface area contributed by atoms with Crippen molar-refractivity contribution in [2.75, 3.05) is 13.2 Å². The normalized spacial score (nSPS) is 11.7. The molecule has 1 aromatic carbocycles. The molecule has 0 spiro atoms. The average Bonchev–Trinajstić information content (AvgIpc) is 2.28. The van der Waals surface area contributed by atoms with Crippen LogP contribution in [0.25, 0.3) is 0 Å². The van der Waals surface area contributed by atoms with Crippen molar-refractivity contribution in [3.05, 3.63) is 35.9 Å². The molecule has 0 atom stereocenters. The van der Waals surface area contributed by atoms with Crippen LogP contribution in [0.15, 0.2) is 30.3 Å². The molecule has 0 heterocycles. The Morgan fingerprint density at radius 2 is 1.76 bits per heavy atom. The van der Waals surface area contributed by atoms with Gasteiger partial charge < -0.3 is 9.84 Å². The third kappa shape index (κ3) is 7.82. The van der Waals surface area contributed by atoms with Crippen LogP contribution in [-0.2, 0) is 11.2 Å². The zero-order chi connectivity index (χ0) is 12.6. The van der Waals surface area contributed by atoms with Crippen LogP contribution in [-0.4, -0.2) is 24.4 Å². The van der Waals surface area contributed by atoms with Crippen LogP contribution >= 0.6 is 0 Å². The Labute approximate surface area is 100 Å². The van der Waals surface area contributed by atoms with Crippen LogP contribution in [0.2, 0.25) is 0 Å². The number of unbranched alkanes of at least 4 members (excludes halogenated alkanes) is 2. The number of alkyl halides is 2. The molecular weight excluding hydrogens is 226 g/mol. The van der Waals surface area contributed by atoms with Crippen molar-refractivity contribution in [2.45, 2.75) is 31.8 Å². The van der Waals surface area contributed by atoms with Crippen LogP contribution in [0.3, 0.4) is 0 Å². The molecule has 0 bridgehead atoms. The van der Waals surface area contributed by atoms with Crippen molar-refractivity contribution in [2.24, 2.45) is 0 Å². The highest BCUT2D eigenvalue weighted by molar-refractivity contribution is 5.14. The number of aliphatic hydroxyl groups is 1. The number of hydrogen-bond donors (Lipinski definition) is 1. The van der Waals surface area contributed by atoms with Crippen molar-refractivity contribution in [3.63, 3.8) is 0 Å². The minimum Gasteiger partial charge on any atom is -0.372 e. The van der Waals surface area contributed by atoms with Gasteiger partial charge in [-0.3, -0.25) is 0 Å². The first-order valence-corrected chi connectivity index (χ1v) is 5.80. The van der Waals surface area contributed by atoms with Crippen LogP contribution < -0.4 is 0 Å². The maximum atomic E-state index is 11.9. The Morgan fingerprint density at radius 1 is 1.06 bits per heavy atom. The molecule has 96 valence electrons. The highest BCUT2D eigenvalue weighted by Crippen LogP contribution is 2.09. The molecule has 1 N–H and O–H groups in total. The number of ether oxygens (including phenoxy) is 1. The molecule has 0 aliphatic carbocycles. The van der Waals surface area contributed by atoms with E-state index in [0.717, 1.165) is 25.7 Å². The van der Waals surface area contributed by atoms with Gasteiger partial charge in [-0.25, -0.2) is 0 Å². The summed E-state index contributed by atoms with van der Waals surface area (Å²) < 4.78 is 28.5. The summed E-state index contributed by atoms with van der Waals surface area (Å²) in [7, 11) is 0. The van der Waals surface area contributed by atoms with Crippen LogP contribution in [0, 0.1) is 0 Å². The first-order chi connectivity index (χ1) is 8.08. The van der Waals surface area contributed by atoms with E-state index in [2.05, 4.69) is 16.9 Å². The Hall–Kier alpha value is -1.00. The summed E-state index contributed by atoms with van der Waals surface area (Å²) >= 11 is 0. The second kappa shape index (κ2) is 7.35. The van der Waals surface area contributed by atoms with Gasteiger partial charge in [0.15, 0.2) is 0 Å². The third-order valence-electron chi connectivity index (χ3n) is 2.37. The van der Waals surface area contributed by atoms with Gasteiger partial charge in [0.25, 0.3) is 0 Å². The SMILES string of the molecule is OC(F)(F)COCCCCCc1ccccc1. The van der Waals surface area contributed by atoms with E-state index >= 15 is 0 Å². The molecule has 1 aromatic rings. The van der Waals surface area contributed by atoms with E-state index in [4.69, 9.17) is 5.11 Å². The van der Waals surface area contributed by atoms with E-state index in [-0.39, 0.29) is 6.61 Å². The molecule has 0 radical (unpaired) electrons. The lowest BCUT2D eigenvalue weighted by molar-refractivity contribution is -0.231. The maximum Gasteiger partial charge on any atom is 0.376 e. The fourth-order valence-electron chi connectivity index (χ4n) is 1.55. The van der Waals surface area contributed by atoms with Gasteiger partial charge in [-0.05, 0) is 24.8 Å². The summed E-state index contributed by atoms with van der Waals surface area (Å²) in [6, 6.07) is 10.1. The third-order valence-corrected chi connectivity index (χ3v) is 2.37. The average molecular weight is 244 g/mol. The Morgan fingerprint density at radius 3 is 2.41 bits per heavy atom. The fourth-order valence-corrected chi connectivity index (χ4v) is 1.55. The standard InChI is InChI=1S/C13H18F2O2/c14-13(15,16)11-17-10-6-2-5-9-12-7-3-1-4-8-12/h1,3-4,7-8,16H,2,5-6,9-11H2. The molecular formula is C13H18F2O2. The van der Waals surface area contributed by atoms with Crippen molar-refractivity contribution in [3.8, 4) is 0 Å². The number of hydrogen-bond acceptors (Lipinski definition) is 2. The molecule has 1 rings (SSSR count). The van der Waals surface area contributed by atoms with E-state index in [1.807, 2.05) is 18.2 Å². The first-order valence-electron chi connectivity index (χ1n) is 5.80. The molecule has 0 aromatic heterocycles. The molecule has 0 amide bonds. The lowest BCUT2D eigenvalue weighted by Gasteiger charge is -2.09. The molecule has 0 fully saturated rings. The second-order valence-electron chi connectivity index (χ2n) is 4.01. The predicted octanol–water partition coefficient (Wildman–Crippen LogP) is 3.00. The van der Waals surface area contributed by atoms with Gasteiger partial charge in [0.1, 0.15) is 6.61 Å². The van der Waals surface area contributed by atoms with Gasteiger partial charge >= 0.3 is 6.11 Å². The highest BCUT2D eigenvalue weighted by atomic mass is 19.3. The molecule has 0 aliphatic heterocycles. The van der Waals surface area contributed by atoms with Gasteiger partial charge in [0.2, 0.25) is 0 Å². The Bertz CT molecular complexity index is 296. The van der Waals surface area contributed by atoms with Gasteiger partial charge in [0, 0.05) is 6.61 Å². The van der Waals surface area contributed by atoms with E-state index < -0.39 is 12.7 Å². The van der Waals surface area contributed by atoms with Gasteiger partial charge in [-0.15, -0.1) is 0 Å². The zero-order valence-electron chi connectivity index (χ0n) is 9.74. The maximum absolute atomic E-state index is 11.9. The lowest BCUT2D eigenvalue weighted by atomic mass is 10.1. The van der Waals surface area contributed by atoms with E-state index in [1.54, 1.807) is 0 Å². The van der Waals surface area contributed by atoms with Crippen molar-refractivity contribution < 1.29 is 18.6 Å². The summed E-state index contributed by atoms with van der Waals surface area (Å²) in [5.74, 6) is 0. The fraction of sp³-hybridized carbons (Fsp3) is 0.538. The monoisotopic (exact) mass is 244 g/mol. The van der Waals surface area contributed by atoms with Crippen molar-refractivity contribution in [1.29, 1.82) is 0 Å². The van der Waals surface area contributed by atoms with Gasteiger partial charge in [-0.1, -0.05) is 36.8 Å². The summed E-state index contributed by atoms with van der Waals surface area (Å²) in [6.07, 6.45) is -0.0151. The Balaban J connectivity index is 1.95.